The van der Waals surface area contributed by atoms with E-state index in [-0.39, 0.29) is 22.8 Å². The number of nitro benzene ring substituents is 1. The molecule has 0 unspecified atom stereocenters. The van der Waals surface area contributed by atoms with Crippen molar-refractivity contribution in [1.82, 2.24) is 10.4 Å². The Morgan fingerprint density at radius 1 is 1.13 bits per heavy atom. The van der Waals surface area contributed by atoms with Crippen molar-refractivity contribution in [2.75, 3.05) is 7.11 Å². The van der Waals surface area contributed by atoms with Gasteiger partial charge in [-0.05, 0) is 24.3 Å². The maximum atomic E-state index is 12.0. The number of nitrogens with one attached hydrogen (secondary N) is 1. The minimum atomic E-state index is -0.662. The number of furan rings is 1. The summed E-state index contributed by atoms with van der Waals surface area (Å²) in [6, 6.07) is 9.66. The van der Waals surface area contributed by atoms with Crippen LogP contribution in [0.1, 0.15) is 16.2 Å². The van der Waals surface area contributed by atoms with Crippen LogP contribution >= 0.6 is 0 Å². The van der Waals surface area contributed by atoms with Crippen molar-refractivity contribution in [1.29, 1.82) is 0 Å². The Kier molecular flexibility index (Phi) is 5.77. The van der Waals surface area contributed by atoms with Gasteiger partial charge < -0.3 is 9.15 Å². The van der Waals surface area contributed by atoms with Crippen molar-refractivity contribution in [3.05, 3.63) is 80.3 Å². The van der Waals surface area contributed by atoms with Gasteiger partial charge in [-0.15, -0.1) is 0 Å². The molecule has 0 aliphatic carbocycles. The van der Waals surface area contributed by atoms with Crippen LogP contribution < -0.4 is 10.2 Å². The summed E-state index contributed by atoms with van der Waals surface area (Å²) in [5.74, 6) is 0.276. The second-order valence-corrected chi connectivity index (χ2v) is 5.70. The number of benzene rings is 1. The van der Waals surface area contributed by atoms with E-state index in [0.29, 0.717) is 17.1 Å². The maximum Gasteiger partial charge on any atom is 0.289 e. The zero-order valence-corrected chi connectivity index (χ0v) is 15.3. The second kappa shape index (κ2) is 8.60. The van der Waals surface area contributed by atoms with Crippen LogP contribution in [-0.4, -0.2) is 34.1 Å². The van der Waals surface area contributed by atoms with Gasteiger partial charge in [0.15, 0.2) is 0 Å². The third-order valence-corrected chi connectivity index (χ3v) is 3.84. The summed E-state index contributed by atoms with van der Waals surface area (Å²) in [7, 11) is 1.38. The molecule has 152 valence electrons. The summed E-state index contributed by atoms with van der Waals surface area (Å²) >= 11 is 0. The number of hydrogen-bond acceptors (Lipinski definition) is 9. The SMILES string of the molecule is COc1cc([N+](=O)[O-])ccc1-c1ccc(C=NNC(=O)c2ccc([N+](=O)[O-])cn2)o1. The first kappa shape index (κ1) is 20.1. The molecule has 12 nitrogen and oxygen atoms in total. The van der Waals surface area contributed by atoms with Gasteiger partial charge in [0, 0.05) is 12.1 Å². The Labute approximate surface area is 168 Å². The highest BCUT2D eigenvalue weighted by atomic mass is 16.6. The number of pyridine rings is 1. The van der Waals surface area contributed by atoms with Crippen molar-refractivity contribution < 1.29 is 23.8 Å². The van der Waals surface area contributed by atoms with Crippen molar-refractivity contribution in [3.8, 4) is 17.1 Å². The molecule has 0 aliphatic heterocycles. The number of rotatable bonds is 7. The van der Waals surface area contributed by atoms with E-state index in [1.807, 2.05) is 0 Å². The van der Waals surface area contributed by atoms with E-state index in [0.717, 1.165) is 12.3 Å². The molecule has 0 saturated heterocycles. The van der Waals surface area contributed by atoms with Crippen molar-refractivity contribution in [3.63, 3.8) is 0 Å². The fourth-order valence-electron chi connectivity index (χ4n) is 2.40. The van der Waals surface area contributed by atoms with Gasteiger partial charge in [-0.1, -0.05) is 0 Å². The van der Waals surface area contributed by atoms with Crippen LogP contribution in [-0.2, 0) is 0 Å². The molecule has 1 amide bonds. The molecule has 0 radical (unpaired) electrons. The predicted octanol–water partition coefficient (Wildman–Crippen LogP) is 2.93. The lowest BCUT2D eigenvalue weighted by atomic mass is 10.1. The summed E-state index contributed by atoms with van der Waals surface area (Å²) in [6.45, 7) is 0. The van der Waals surface area contributed by atoms with E-state index in [1.54, 1.807) is 12.1 Å². The van der Waals surface area contributed by atoms with Crippen LogP contribution in [0.4, 0.5) is 11.4 Å². The number of non-ortho nitro benzene ring substituents is 1. The van der Waals surface area contributed by atoms with E-state index in [2.05, 4.69) is 15.5 Å². The average molecular weight is 411 g/mol. The molecule has 0 aliphatic rings. The summed E-state index contributed by atoms with van der Waals surface area (Å²) in [4.78, 5) is 36.0. The first-order chi connectivity index (χ1) is 14.4. The highest BCUT2D eigenvalue weighted by Crippen LogP contribution is 2.34. The van der Waals surface area contributed by atoms with E-state index in [4.69, 9.17) is 9.15 Å². The minimum absolute atomic E-state index is 0.0477. The molecule has 0 bridgehead atoms. The summed E-state index contributed by atoms with van der Waals surface area (Å²) in [5.41, 5.74) is 2.32. The van der Waals surface area contributed by atoms with Crippen LogP contribution in [0.3, 0.4) is 0 Å². The molecule has 0 saturated carbocycles. The third kappa shape index (κ3) is 4.44. The number of carbonyl (C=O) groups is 1. The molecular weight excluding hydrogens is 398 g/mol. The van der Waals surface area contributed by atoms with Crippen LogP contribution in [0.25, 0.3) is 11.3 Å². The quantitative estimate of drug-likeness (QED) is 0.352. The van der Waals surface area contributed by atoms with Crippen molar-refractivity contribution in [2.45, 2.75) is 0 Å². The summed E-state index contributed by atoms with van der Waals surface area (Å²) < 4.78 is 10.8. The fraction of sp³-hybridized carbons (Fsp3) is 0.0556. The summed E-state index contributed by atoms with van der Waals surface area (Å²) in [6.07, 6.45) is 2.21. The Balaban J connectivity index is 1.69. The number of amides is 1. The molecule has 2 heterocycles. The number of carbonyl (C=O) groups excluding carboxylic acids is 1. The molecule has 12 heteroatoms. The second-order valence-electron chi connectivity index (χ2n) is 5.70. The Bertz CT molecular complexity index is 1140. The highest BCUT2D eigenvalue weighted by Gasteiger charge is 2.15. The van der Waals surface area contributed by atoms with E-state index < -0.39 is 15.8 Å². The Hall–Kier alpha value is -4.61. The number of hydrazone groups is 1. The van der Waals surface area contributed by atoms with Gasteiger partial charge in [0.05, 0.1) is 34.8 Å². The molecule has 0 spiro atoms. The molecule has 1 aromatic carbocycles. The van der Waals surface area contributed by atoms with E-state index in [1.165, 1.54) is 37.6 Å². The molecular formula is C18H13N5O7. The van der Waals surface area contributed by atoms with Crippen LogP contribution in [0.2, 0.25) is 0 Å². The molecule has 3 aromatic rings. The normalized spacial score (nSPS) is 10.7. The molecule has 1 N–H and O–H groups in total. The summed E-state index contributed by atoms with van der Waals surface area (Å²) in [5, 5.41) is 25.2. The van der Waals surface area contributed by atoms with Crippen molar-refractivity contribution in [2.24, 2.45) is 5.10 Å². The smallest absolute Gasteiger partial charge is 0.289 e. The first-order valence-electron chi connectivity index (χ1n) is 8.25. The van der Waals surface area contributed by atoms with E-state index >= 15 is 0 Å². The van der Waals surface area contributed by atoms with Crippen molar-refractivity contribution >= 4 is 23.5 Å². The van der Waals surface area contributed by atoms with Gasteiger partial charge in [-0.3, -0.25) is 25.0 Å². The number of aromatic nitrogens is 1. The van der Waals surface area contributed by atoms with Gasteiger partial charge >= 0.3 is 0 Å². The maximum absolute atomic E-state index is 12.0. The third-order valence-electron chi connectivity index (χ3n) is 3.84. The molecule has 2 aromatic heterocycles. The Morgan fingerprint density at radius 2 is 1.87 bits per heavy atom. The molecule has 0 atom stereocenters. The predicted molar refractivity (Wildman–Crippen MR) is 103 cm³/mol. The average Bonchev–Trinajstić information content (AvgIpc) is 3.21. The van der Waals surface area contributed by atoms with Crippen LogP contribution in [0.5, 0.6) is 5.75 Å². The number of nitrogens with zero attached hydrogens (tertiary/aromatic N) is 4. The number of hydrogen-bond donors (Lipinski definition) is 1. The lowest BCUT2D eigenvalue weighted by molar-refractivity contribution is -0.385. The monoisotopic (exact) mass is 411 g/mol. The van der Waals surface area contributed by atoms with Crippen LogP contribution in [0, 0.1) is 20.2 Å². The van der Waals surface area contributed by atoms with Gasteiger partial charge in [0.1, 0.15) is 29.2 Å². The number of ether oxygens (including phenoxy) is 1. The van der Waals surface area contributed by atoms with Gasteiger partial charge in [-0.2, -0.15) is 5.10 Å². The van der Waals surface area contributed by atoms with Gasteiger partial charge in [-0.25, -0.2) is 10.4 Å². The number of methoxy groups -OCH3 is 1. The molecule has 3 rings (SSSR count). The zero-order valence-electron chi connectivity index (χ0n) is 15.3. The van der Waals surface area contributed by atoms with Crippen LogP contribution in [0.15, 0.2) is 58.2 Å². The highest BCUT2D eigenvalue weighted by molar-refractivity contribution is 5.93. The first-order valence-corrected chi connectivity index (χ1v) is 8.25. The lowest BCUT2D eigenvalue weighted by Crippen LogP contribution is -2.18. The zero-order chi connectivity index (χ0) is 21.7. The molecule has 0 fully saturated rings. The van der Waals surface area contributed by atoms with Gasteiger partial charge in [0.25, 0.3) is 17.3 Å². The molecule has 30 heavy (non-hydrogen) atoms. The van der Waals surface area contributed by atoms with E-state index in [9.17, 15) is 25.0 Å². The minimum Gasteiger partial charge on any atom is -0.496 e. The topological polar surface area (TPSA) is 163 Å². The lowest BCUT2D eigenvalue weighted by Gasteiger charge is -2.05. The van der Waals surface area contributed by atoms with Gasteiger partial charge in [0.2, 0.25) is 0 Å². The standard InChI is InChI=1S/C18H13N5O7/c1-29-17-8-11(22(25)26)2-5-14(17)16-7-4-13(30-16)10-20-21-18(24)15-6-3-12(9-19-15)23(27)28/h2-10H,1H3,(H,21,24). The number of nitro groups is 2. The Morgan fingerprint density at radius 3 is 2.50 bits per heavy atom. The largest absolute Gasteiger partial charge is 0.496 e. The fourth-order valence-corrected chi connectivity index (χ4v) is 2.40.